The Labute approximate surface area is 118 Å². The second-order valence-corrected chi connectivity index (χ2v) is 5.88. The maximum atomic E-state index is 13.6. The van der Waals surface area contributed by atoms with Gasteiger partial charge in [-0.15, -0.1) is 0 Å². The highest BCUT2D eigenvalue weighted by molar-refractivity contribution is 5.81. The molecule has 2 aromatic rings. The predicted molar refractivity (Wildman–Crippen MR) is 78.9 cm³/mol. The van der Waals surface area contributed by atoms with Gasteiger partial charge in [-0.05, 0) is 35.6 Å². The van der Waals surface area contributed by atoms with E-state index >= 15 is 0 Å². The smallest absolute Gasteiger partial charge is 0.124 e. The standard InChI is InChI=1S/C16H21FN2O/c1-16(2,5-7-20)11-18-10-13-9-14(17)8-12-4-3-6-19-15(12)13/h3-4,6,8-9,18,20H,5,7,10-11H2,1-2H3. The van der Waals surface area contributed by atoms with E-state index in [-0.39, 0.29) is 17.8 Å². The number of aliphatic hydroxyl groups is 1. The number of benzene rings is 1. The topological polar surface area (TPSA) is 45.1 Å². The van der Waals surface area contributed by atoms with Gasteiger partial charge in [-0.3, -0.25) is 4.98 Å². The lowest BCUT2D eigenvalue weighted by molar-refractivity contribution is 0.207. The van der Waals surface area contributed by atoms with E-state index in [4.69, 9.17) is 5.11 Å². The SMILES string of the molecule is CC(C)(CCO)CNCc1cc(F)cc2cccnc12. The normalized spacial score (nSPS) is 12.0. The van der Waals surface area contributed by atoms with Crippen LogP contribution in [0.1, 0.15) is 25.8 Å². The van der Waals surface area contributed by atoms with Crippen molar-refractivity contribution >= 4 is 10.9 Å². The lowest BCUT2D eigenvalue weighted by Gasteiger charge is -2.24. The van der Waals surface area contributed by atoms with Gasteiger partial charge in [-0.25, -0.2) is 4.39 Å². The van der Waals surface area contributed by atoms with Crippen molar-refractivity contribution in [1.29, 1.82) is 0 Å². The highest BCUT2D eigenvalue weighted by atomic mass is 19.1. The Balaban J connectivity index is 2.10. The Hall–Kier alpha value is -1.52. The molecule has 0 aliphatic heterocycles. The first-order valence-corrected chi connectivity index (χ1v) is 6.86. The second kappa shape index (κ2) is 6.29. The molecule has 0 saturated carbocycles. The Bertz CT molecular complexity index is 584. The molecule has 0 aliphatic rings. The molecule has 0 bridgehead atoms. The Morgan fingerprint density at radius 1 is 1.35 bits per heavy atom. The molecule has 1 heterocycles. The van der Waals surface area contributed by atoms with Crippen molar-refractivity contribution in [3.05, 3.63) is 41.8 Å². The largest absolute Gasteiger partial charge is 0.396 e. The minimum atomic E-state index is -0.239. The van der Waals surface area contributed by atoms with E-state index in [0.29, 0.717) is 6.54 Å². The van der Waals surface area contributed by atoms with Crippen LogP contribution in [0.25, 0.3) is 10.9 Å². The number of aliphatic hydroxyl groups excluding tert-OH is 1. The van der Waals surface area contributed by atoms with Crippen LogP contribution in [0.5, 0.6) is 0 Å². The van der Waals surface area contributed by atoms with Crippen LogP contribution in [0.4, 0.5) is 4.39 Å². The van der Waals surface area contributed by atoms with Crippen LogP contribution in [0, 0.1) is 11.2 Å². The zero-order chi connectivity index (χ0) is 14.6. The lowest BCUT2D eigenvalue weighted by atomic mass is 9.89. The number of fused-ring (bicyclic) bond motifs is 1. The van der Waals surface area contributed by atoms with Gasteiger partial charge in [0.05, 0.1) is 5.52 Å². The van der Waals surface area contributed by atoms with E-state index in [9.17, 15) is 4.39 Å². The fourth-order valence-corrected chi connectivity index (χ4v) is 2.29. The van der Waals surface area contributed by atoms with Crippen LogP contribution in [-0.4, -0.2) is 23.2 Å². The summed E-state index contributed by atoms with van der Waals surface area (Å²) in [6, 6.07) is 6.71. The van der Waals surface area contributed by atoms with Crippen molar-refractivity contribution in [1.82, 2.24) is 10.3 Å². The Kier molecular flexibility index (Phi) is 4.68. The minimum Gasteiger partial charge on any atom is -0.396 e. The van der Waals surface area contributed by atoms with E-state index in [0.717, 1.165) is 29.4 Å². The van der Waals surface area contributed by atoms with Gasteiger partial charge in [-0.1, -0.05) is 19.9 Å². The molecule has 0 amide bonds. The highest BCUT2D eigenvalue weighted by Crippen LogP contribution is 2.20. The molecule has 3 nitrogen and oxygen atoms in total. The number of aromatic nitrogens is 1. The maximum absolute atomic E-state index is 13.6. The zero-order valence-corrected chi connectivity index (χ0v) is 12.0. The average Bonchev–Trinajstić information content (AvgIpc) is 2.38. The molecular weight excluding hydrogens is 255 g/mol. The molecule has 20 heavy (non-hydrogen) atoms. The van der Waals surface area contributed by atoms with E-state index in [1.54, 1.807) is 6.20 Å². The van der Waals surface area contributed by atoms with Crippen molar-refractivity contribution in [2.75, 3.05) is 13.2 Å². The molecule has 0 fully saturated rings. The molecular formula is C16H21FN2O. The van der Waals surface area contributed by atoms with E-state index in [2.05, 4.69) is 24.1 Å². The van der Waals surface area contributed by atoms with Crippen molar-refractivity contribution in [2.24, 2.45) is 5.41 Å². The molecule has 0 atom stereocenters. The monoisotopic (exact) mass is 276 g/mol. The van der Waals surface area contributed by atoms with E-state index < -0.39 is 0 Å². The van der Waals surface area contributed by atoms with Gasteiger partial charge in [0, 0.05) is 31.3 Å². The summed E-state index contributed by atoms with van der Waals surface area (Å²) in [5.74, 6) is -0.239. The zero-order valence-electron chi connectivity index (χ0n) is 12.0. The number of hydrogen-bond acceptors (Lipinski definition) is 3. The summed E-state index contributed by atoms with van der Waals surface area (Å²) in [5.41, 5.74) is 1.72. The first-order valence-electron chi connectivity index (χ1n) is 6.86. The highest BCUT2D eigenvalue weighted by Gasteiger charge is 2.16. The molecule has 2 N–H and O–H groups in total. The van der Waals surface area contributed by atoms with Crippen LogP contribution < -0.4 is 5.32 Å². The predicted octanol–water partition coefficient (Wildman–Crippen LogP) is 2.87. The van der Waals surface area contributed by atoms with Gasteiger partial charge in [-0.2, -0.15) is 0 Å². The molecule has 0 aliphatic carbocycles. The summed E-state index contributed by atoms with van der Waals surface area (Å²) < 4.78 is 13.6. The first kappa shape index (κ1) is 14.9. The molecule has 0 radical (unpaired) electrons. The van der Waals surface area contributed by atoms with Crippen molar-refractivity contribution < 1.29 is 9.50 Å². The van der Waals surface area contributed by atoms with Gasteiger partial charge in [0.1, 0.15) is 5.82 Å². The summed E-state index contributed by atoms with van der Waals surface area (Å²) in [4.78, 5) is 4.33. The van der Waals surface area contributed by atoms with E-state index in [1.165, 1.54) is 12.1 Å². The van der Waals surface area contributed by atoms with Crippen LogP contribution in [0.2, 0.25) is 0 Å². The van der Waals surface area contributed by atoms with Gasteiger partial charge in [0.25, 0.3) is 0 Å². The average molecular weight is 276 g/mol. The summed E-state index contributed by atoms with van der Waals surface area (Å²) in [5, 5.41) is 13.2. The minimum absolute atomic E-state index is 0.0192. The summed E-state index contributed by atoms with van der Waals surface area (Å²) in [7, 11) is 0. The molecule has 1 aromatic carbocycles. The lowest BCUT2D eigenvalue weighted by Crippen LogP contribution is -2.30. The summed E-state index contributed by atoms with van der Waals surface area (Å²) >= 11 is 0. The van der Waals surface area contributed by atoms with Gasteiger partial charge >= 0.3 is 0 Å². The molecule has 4 heteroatoms. The van der Waals surface area contributed by atoms with Crippen molar-refractivity contribution in [3.63, 3.8) is 0 Å². The third-order valence-electron chi connectivity index (χ3n) is 3.46. The molecule has 0 unspecified atom stereocenters. The van der Waals surface area contributed by atoms with Crippen molar-refractivity contribution in [3.8, 4) is 0 Å². The molecule has 108 valence electrons. The summed E-state index contributed by atoms with van der Waals surface area (Å²) in [6.45, 7) is 5.70. The maximum Gasteiger partial charge on any atom is 0.124 e. The number of rotatable bonds is 6. The Morgan fingerprint density at radius 3 is 2.90 bits per heavy atom. The number of nitrogens with zero attached hydrogens (tertiary/aromatic N) is 1. The third-order valence-corrected chi connectivity index (χ3v) is 3.46. The van der Waals surface area contributed by atoms with Crippen LogP contribution in [-0.2, 0) is 6.54 Å². The molecule has 2 rings (SSSR count). The van der Waals surface area contributed by atoms with Crippen LogP contribution in [0.15, 0.2) is 30.5 Å². The quantitative estimate of drug-likeness (QED) is 0.852. The van der Waals surface area contributed by atoms with Crippen LogP contribution >= 0.6 is 0 Å². The second-order valence-electron chi connectivity index (χ2n) is 5.88. The number of hydrogen-bond donors (Lipinski definition) is 2. The number of halogens is 1. The van der Waals surface area contributed by atoms with Crippen molar-refractivity contribution in [2.45, 2.75) is 26.8 Å². The first-order chi connectivity index (χ1) is 9.52. The van der Waals surface area contributed by atoms with E-state index in [1.807, 2.05) is 12.1 Å². The van der Waals surface area contributed by atoms with Gasteiger partial charge in [0.2, 0.25) is 0 Å². The fourth-order valence-electron chi connectivity index (χ4n) is 2.29. The Morgan fingerprint density at radius 2 is 2.15 bits per heavy atom. The summed E-state index contributed by atoms with van der Waals surface area (Å²) in [6.07, 6.45) is 2.46. The number of pyridine rings is 1. The molecule has 0 spiro atoms. The molecule has 1 aromatic heterocycles. The third kappa shape index (κ3) is 3.74. The molecule has 0 saturated heterocycles. The fraction of sp³-hybridized carbons (Fsp3) is 0.438. The van der Waals surface area contributed by atoms with Gasteiger partial charge in [0.15, 0.2) is 0 Å². The van der Waals surface area contributed by atoms with Crippen LogP contribution in [0.3, 0.4) is 0 Å². The number of nitrogens with one attached hydrogen (secondary N) is 1. The van der Waals surface area contributed by atoms with Gasteiger partial charge < -0.3 is 10.4 Å².